The molecule has 0 aliphatic rings. The van der Waals surface area contributed by atoms with Crippen LogP contribution in [0.2, 0.25) is 0 Å². The van der Waals surface area contributed by atoms with Gasteiger partial charge in [-0.25, -0.2) is 0 Å². The van der Waals surface area contributed by atoms with Crippen LogP contribution in [-0.4, -0.2) is 29.9 Å². The van der Waals surface area contributed by atoms with Crippen LogP contribution < -0.4 is 0 Å². The summed E-state index contributed by atoms with van der Waals surface area (Å²) in [5, 5.41) is 3.09. The quantitative estimate of drug-likeness (QED) is 0.134. The van der Waals surface area contributed by atoms with Crippen LogP contribution in [0.15, 0.2) is 96.0 Å². The third-order valence-corrected chi connectivity index (χ3v) is 3.85. The fourth-order valence-corrected chi connectivity index (χ4v) is 2.49. The van der Waals surface area contributed by atoms with Crippen LogP contribution in [0.4, 0.5) is 0 Å². The SMILES string of the molecule is [Cd+2].[S-]c1ncccn1.[S-]c1ncccn1.c1cnc2c(c1)ccc1cccnc12. The molecule has 1 aromatic carbocycles. The first-order chi connectivity index (χ1) is 13.7. The summed E-state index contributed by atoms with van der Waals surface area (Å²) in [7, 11) is 0. The van der Waals surface area contributed by atoms with Crippen LogP contribution >= 0.6 is 0 Å². The minimum atomic E-state index is 0. The molecule has 5 rings (SSSR count). The summed E-state index contributed by atoms with van der Waals surface area (Å²) in [6.45, 7) is 0. The zero-order valence-electron chi connectivity index (χ0n) is 15.3. The molecule has 0 saturated heterocycles. The molecule has 9 heteroatoms. The third-order valence-electron chi connectivity index (χ3n) is 3.43. The van der Waals surface area contributed by atoms with Crippen LogP contribution in [0.1, 0.15) is 0 Å². The van der Waals surface area contributed by atoms with Gasteiger partial charge in [0.05, 0.1) is 11.0 Å². The topological polar surface area (TPSA) is 77.3 Å². The van der Waals surface area contributed by atoms with Crippen LogP contribution in [0, 0.1) is 0 Å². The number of fused-ring (bicyclic) bond motifs is 3. The molecule has 4 aromatic heterocycles. The molecule has 0 N–H and O–H groups in total. The van der Waals surface area contributed by atoms with Gasteiger partial charge >= 0.3 is 27.3 Å². The second-order valence-electron chi connectivity index (χ2n) is 5.28. The zero-order valence-corrected chi connectivity index (χ0v) is 21.0. The minimum Gasteiger partial charge on any atom is -0.740 e. The molecule has 0 amide bonds. The molecule has 0 unspecified atom stereocenters. The average molecular weight is 515 g/mol. The first-order valence-corrected chi connectivity index (χ1v) is 9.02. The number of hydrogen-bond donors (Lipinski definition) is 0. The Hall–Kier alpha value is -2.44. The average Bonchev–Trinajstić information content (AvgIpc) is 2.76. The number of nitrogens with zero attached hydrogens (tertiary/aromatic N) is 6. The number of aromatic nitrogens is 6. The Morgan fingerprint density at radius 1 is 0.448 bits per heavy atom. The maximum atomic E-state index is 4.59. The van der Waals surface area contributed by atoms with Gasteiger partial charge in [-0.1, -0.05) is 24.3 Å². The summed E-state index contributed by atoms with van der Waals surface area (Å²) in [4.78, 5) is 23.4. The molecule has 6 nitrogen and oxygen atoms in total. The Labute approximate surface area is 199 Å². The maximum absolute atomic E-state index is 4.59. The van der Waals surface area contributed by atoms with Crippen LogP contribution in [0.5, 0.6) is 0 Å². The van der Waals surface area contributed by atoms with Crippen molar-refractivity contribution in [3.8, 4) is 0 Å². The third kappa shape index (κ3) is 7.15. The van der Waals surface area contributed by atoms with E-state index < -0.39 is 0 Å². The predicted octanol–water partition coefficient (Wildman–Crippen LogP) is 3.55. The molecule has 0 saturated carbocycles. The molecular weight excluding hydrogens is 501 g/mol. The zero-order chi connectivity index (χ0) is 19.6. The number of benzene rings is 1. The Balaban J connectivity index is 0.000000170. The number of rotatable bonds is 0. The molecule has 0 radical (unpaired) electrons. The molecule has 0 fully saturated rings. The molecule has 138 valence electrons. The number of hydrogen-bond acceptors (Lipinski definition) is 8. The van der Waals surface area contributed by atoms with Gasteiger partial charge in [0.1, 0.15) is 0 Å². The summed E-state index contributed by atoms with van der Waals surface area (Å²) >= 11 is 9.18. The summed E-state index contributed by atoms with van der Waals surface area (Å²) < 4.78 is 0. The normalized spacial score (nSPS) is 9.38. The monoisotopic (exact) mass is 516 g/mol. The van der Waals surface area contributed by atoms with Crippen molar-refractivity contribution >= 4 is 47.1 Å². The largest absolute Gasteiger partial charge is 2.00 e. The van der Waals surface area contributed by atoms with Gasteiger partial charge in [0.25, 0.3) is 0 Å². The Morgan fingerprint density at radius 2 is 0.793 bits per heavy atom. The van der Waals surface area contributed by atoms with Gasteiger partial charge in [-0.05, 0) is 24.3 Å². The minimum absolute atomic E-state index is 0. The second kappa shape index (κ2) is 12.2. The van der Waals surface area contributed by atoms with Crippen molar-refractivity contribution < 1.29 is 27.3 Å². The van der Waals surface area contributed by atoms with Gasteiger partial charge in [0.15, 0.2) is 0 Å². The molecule has 0 aliphatic carbocycles. The van der Waals surface area contributed by atoms with Crippen molar-refractivity contribution in [2.75, 3.05) is 0 Å². The van der Waals surface area contributed by atoms with E-state index in [2.05, 4.69) is 79.4 Å². The molecule has 0 bridgehead atoms. The van der Waals surface area contributed by atoms with Gasteiger partial charge < -0.3 is 25.3 Å². The summed E-state index contributed by atoms with van der Waals surface area (Å²) in [6.07, 6.45) is 10.1. The van der Waals surface area contributed by atoms with Gasteiger partial charge in [0.2, 0.25) is 0 Å². The van der Waals surface area contributed by atoms with Crippen LogP contribution in [0.25, 0.3) is 21.8 Å². The predicted molar refractivity (Wildman–Crippen MR) is 112 cm³/mol. The Kier molecular flexibility index (Phi) is 9.61. The molecular formula is C20H14CdN6S2. The standard InChI is InChI=1S/C12H8N2.2C4H4N2S.Cd/c1-3-9-5-6-10-4-2-8-14-12(10)11(9)13-7-1;2*7-4-5-2-1-3-6-4;/h1-8H;2*1-3H,(H,5,6,7);/q;;;+2/p-2. The summed E-state index contributed by atoms with van der Waals surface area (Å²) in [5.41, 5.74) is 1.95. The fourth-order valence-electron chi connectivity index (χ4n) is 2.25. The second-order valence-corrected chi connectivity index (χ2v) is 6.01. The summed E-state index contributed by atoms with van der Waals surface area (Å²) in [5.74, 6) is 0. The smallest absolute Gasteiger partial charge is 0.740 e. The molecule has 5 aromatic rings. The van der Waals surface area contributed by atoms with E-state index in [1.807, 2.05) is 12.1 Å². The molecule has 0 aliphatic heterocycles. The van der Waals surface area contributed by atoms with Crippen molar-refractivity contribution in [2.24, 2.45) is 0 Å². The van der Waals surface area contributed by atoms with E-state index in [1.54, 1.807) is 49.3 Å². The molecule has 4 heterocycles. The van der Waals surface area contributed by atoms with E-state index in [0.717, 1.165) is 21.8 Å². The Bertz CT molecular complexity index is 1050. The van der Waals surface area contributed by atoms with Crippen LogP contribution in [0.3, 0.4) is 0 Å². The van der Waals surface area contributed by atoms with Gasteiger partial charge in [-0.2, -0.15) is 0 Å². The first-order valence-electron chi connectivity index (χ1n) is 8.20. The van der Waals surface area contributed by atoms with Crippen molar-refractivity contribution in [1.29, 1.82) is 0 Å². The molecule has 0 atom stereocenters. The fraction of sp³-hybridized carbons (Fsp3) is 0. The van der Waals surface area contributed by atoms with Crippen molar-refractivity contribution in [3.63, 3.8) is 0 Å². The molecule has 0 spiro atoms. The van der Waals surface area contributed by atoms with Crippen molar-refractivity contribution in [3.05, 3.63) is 85.7 Å². The van der Waals surface area contributed by atoms with E-state index >= 15 is 0 Å². The Morgan fingerprint density at radius 3 is 1.10 bits per heavy atom. The van der Waals surface area contributed by atoms with Gasteiger partial charge in [0, 0.05) is 58.3 Å². The summed E-state index contributed by atoms with van der Waals surface area (Å²) in [6, 6.07) is 15.6. The van der Waals surface area contributed by atoms with Gasteiger partial charge in [-0.15, -0.1) is 0 Å². The van der Waals surface area contributed by atoms with E-state index in [9.17, 15) is 0 Å². The van der Waals surface area contributed by atoms with Crippen LogP contribution in [-0.2, 0) is 52.6 Å². The maximum Gasteiger partial charge on any atom is 2.00 e. The molecule has 29 heavy (non-hydrogen) atoms. The van der Waals surface area contributed by atoms with E-state index in [-0.39, 0.29) is 27.3 Å². The van der Waals surface area contributed by atoms with E-state index in [1.165, 1.54) is 0 Å². The first kappa shape index (κ1) is 22.8. The van der Waals surface area contributed by atoms with Crippen molar-refractivity contribution in [1.82, 2.24) is 29.9 Å². The van der Waals surface area contributed by atoms with E-state index in [4.69, 9.17) is 0 Å². The van der Waals surface area contributed by atoms with Gasteiger partial charge in [-0.3, -0.25) is 29.9 Å². The number of pyridine rings is 2. The van der Waals surface area contributed by atoms with E-state index in [0.29, 0.717) is 10.3 Å². The van der Waals surface area contributed by atoms with Crippen molar-refractivity contribution in [2.45, 2.75) is 10.3 Å².